The number of phenols is 1. The summed E-state index contributed by atoms with van der Waals surface area (Å²) in [5.41, 5.74) is 2.20. The highest BCUT2D eigenvalue weighted by molar-refractivity contribution is 7.07. The second-order valence-electron chi connectivity index (χ2n) is 5.59. The predicted octanol–water partition coefficient (Wildman–Crippen LogP) is 2.60. The van der Waals surface area contributed by atoms with Gasteiger partial charge in [-0.1, -0.05) is 12.1 Å². The van der Waals surface area contributed by atoms with Crippen LogP contribution in [-0.2, 0) is 6.42 Å². The van der Waals surface area contributed by atoms with E-state index in [4.69, 9.17) is 0 Å². The van der Waals surface area contributed by atoms with Crippen LogP contribution in [0.2, 0.25) is 0 Å². The van der Waals surface area contributed by atoms with Gasteiger partial charge in [-0.2, -0.15) is 11.3 Å². The van der Waals surface area contributed by atoms with Gasteiger partial charge >= 0.3 is 6.03 Å². The van der Waals surface area contributed by atoms with Crippen LogP contribution in [-0.4, -0.2) is 43.2 Å². The first-order chi connectivity index (χ1) is 11.1. The van der Waals surface area contributed by atoms with Crippen LogP contribution in [0.3, 0.4) is 0 Å². The molecule has 2 amide bonds. The van der Waals surface area contributed by atoms with Gasteiger partial charge in [-0.15, -0.1) is 0 Å². The molecule has 0 saturated heterocycles. The zero-order valence-corrected chi connectivity index (χ0v) is 14.3. The SMILES string of the molecule is CN(C)[C@@H](CNC(=O)NCCc1cccc(O)c1)c1ccsc1. The second-order valence-corrected chi connectivity index (χ2v) is 6.37. The Morgan fingerprint density at radius 3 is 2.78 bits per heavy atom. The highest BCUT2D eigenvalue weighted by Gasteiger charge is 2.15. The minimum absolute atomic E-state index is 0.165. The highest BCUT2D eigenvalue weighted by Crippen LogP contribution is 2.19. The Kier molecular flexibility index (Phi) is 6.43. The van der Waals surface area contributed by atoms with Crippen LogP contribution in [0.1, 0.15) is 17.2 Å². The maximum absolute atomic E-state index is 11.9. The number of phenolic OH excluding ortho intramolecular Hbond substituents is 1. The van der Waals surface area contributed by atoms with Crippen molar-refractivity contribution in [1.29, 1.82) is 0 Å². The van der Waals surface area contributed by atoms with Gasteiger partial charge in [0.1, 0.15) is 5.75 Å². The number of urea groups is 1. The fraction of sp³-hybridized carbons (Fsp3) is 0.353. The van der Waals surface area contributed by atoms with Gasteiger partial charge in [-0.25, -0.2) is 4.79 Å². The lowest BCUT2D eigenvalue weighted by atomic mass is 10.1. The van der Waals surface area contributed by atoms with Gasteiger partial charge in [0.2, 0.25) is 0 Å². The molecule has 0 spiro atoms. The minimum Gasteiger partial charge on any atom is -0.508 e. The zero-order chi connectivity index (χ0) is 16.7. The van der Waals surface area contributed by atoms with Gasteiger partial charge in [0.25, 0.3) is 0 Å². The number of thiophene rings is 1. The number of carbonyl (C=O) groups is 1. The fourth-order valence-electron chi connectivity index (χ4n) is 2.35. The van der Waals surface area contributed by atoms with Crippen molar-refractivity contribution in [2.75, 3.05) is 27.2 Å². The summed E-state index contributed by atoms with van der Waals surface area (Å²) in [6.45, 7) is 1.09. The number of hydrogen-bond acceptors (Lipinski definition) is 4. The zero-order valence-electron chi connectivity index (χ0n) is 13.5. The van der Waals surface area contributed by atoms with Crippen LogP contribution in [0.4, 0.5) is 4.79 Å². The molecule has 3 N–H and O–H groups in total. The number of carbonyl (C=O) groups excluding carboxylic acids is 1. The van der Waals surface area contributed by atoms with Crippen molar-refractivity contribution in [3.05, 3.63) is 52.2 Å². The molecule has 1 aromatic carbocycles. The van der Waals surface area contributed by atoms with Gasteiger partial charge in [0.05, 0.1) is 6.04 Å². The maximum Gasteiger partial charge on any atom is 0.314 e. The quantitative estimate of drug-likeness (QED) is 0.730. The van der Waals surface area contributed by atoms with Crippen LogP contribution in [0.25, 0.3) is 0 Å². The van der Waals surface area contributed by atoms with E-state index in [9.17, 15) is 9.90 Å². The van der Waals surface area contributed by atoms with Crippen molar-refractivity contribution < 1.29 is 9.90 Å². The van der Waals surface area contributed by atoms with Crippen LogP contribution in [0.5, 0.6) is 5.75 Å². The van der Waals surface area contributed by atoms with Crippen LogP contribution in [0.15, 0.2) is 41.1 Å². The van der Waals surface area contributed by atoms with Gasteiger partial charge in [0, 0.05) is 13.1 Å². The number of hydrogen-bond donors (Lipinski definition) is 3. The van der Waals surface area contributed by atoms with Crippen molar-refractivity contribution >= 4 is 17.4 Å². The van der Waals surface area contributed by atoms with E-state index in [0.717, 1.165) is 5.56 Å². The molecule has 6 heteroatoms. The van der Waals surface area contributed by atoms with E-state index < -0.39 is 0 Å². The molecule has 0 aliphatic heterocycles. The molecule has 0 aliphatic rings. The number of nitrogens with zero attached hydrogens (tertiary/aromatic N) is 1. The second kappa shape index (κ2) is 8.55. The third-order valence-electron chi connectivity index (χ3n) is 3.62. The maximum atomic E-state index is 11.9. The number of aromatic hydroxyl groups is 1. The molecular weight excluding hydrogens is 310 g/mol. The summed E-state index contributed by atoms with van der Waals surface area (Å²) >= 11 is 1.66. The van der Waals surface area contributed by atoms with Crippen LogP contribution in [0, 0.1) is 0 Å². The molecule has 0 fully saturated rings. The highest BCUT2D eigenvalue weighted by atomic mass is 32.1. The number of amides is 2. The van der Waals surface area contributed by atoms with Crippen molar-refractivity contribution in [1.82, 2.24) is 15.5 Å². The van der Waals surface area contributed by atoms with Gasteiger partial charge in [-0.3, -0.25) is 0 Å². The lowest BCUT2D eigenvalue weighted by molar-refractivity contribution is 0.233. The van der Waals surface area contributed by atoms with Gasteiger partial charge < -0.3 is 20.6 Å². The Morgan fingerprint density at radius 1 is 1.30 bits per heavy atom. The summed E-state index contributed by atoms with van der Waals surface area (Å²) in [6.07, 6.45) is 0.684. The Hall–Kier alpha value is -2.05. The molecule has 2 aromatic rings. The fourth-order valence-corrected chi connectivity index (χ4v) is 3.05. The van der Waals surface area contributed by atoms with Crippen molar-refractivity contribution in [3.8, 4) is 5.75 Å². The van der Waals surface area contributed by atoms with Crippen molar-refractivity contribution in [2.45, 2.75) is 12.5 Å². The molecule has 0 bridgehead atoms. The van der Waals surface area contributed by atoms with Gasteiger partial charge in [0.15, 0.2) is 0 Å². The number of benzene rings is 1. The summed E-state index contributed by atoms with van der Waals surface area (Å²) in [4.78, 5) is 14.0. The average molecular weight is 333 g/mol. The molecule has 0 saturated carbocycles. The molecule has 1 aromatic heterocycles. The van der Waals surface area contributed by atoms with E-state index in [0.29, 0.717) is 19.5 Å². The first-order valence-electron chi connectivity index (χ1n) is 7.54. The molecule has 1 atom stereocenters. The molecule has 2 rings (SSSR count). The lowest BCUT2D eigenvalue weighted by Crippen LogP contribution is -2.41. The standard InChI is InChI=1S/C17H23N3O2S/c1-20(2)16(14-7-9-23-12-14)11-19-17(22)18-8-6-13-4-3-5-15(21)10-13/h3-5,7,9-10,12,16,21H,6,8,11H2,1-2H3,(H2,18,19,22)/t16-/m0/s1. The topological polar surface area (TPSA) is 64.6 Å². The van der Waals surface area contributed by atoms with E-state index in [1.807, 2.05) is 25.5 Å². The van der Waals surface area contributed by atoms with E-state index in [1.165, 1.54) is 5.56 Å². The summed E-state index contributed by atoms with van der Waals surface area (Å²) in [5, 5.41) is 19.3. The van der Waals surface area contributed by atoms with Crippen LogP contribution >= 0.6 is 11.3 Å². The van der Waals surface area contributed by atoms with E-state index in [-0.39, 0.29) is 17.8 Å². The number of likely N-dealkylation sites (N-methyl/N-ethyl adjacent to an activating group) is 1. The Balaban J connectivity index is 1.74. The molecule has 0 aliphatic carbocycles. The summed E-state index contributed by atoms with van der Waals surface area (Å²) in [5.74, 6) is 0.247. The Morgan fingerprint density at radius 2 is 2.13 bits per heavy atom. The largest absolute Gasteiger partial charge is 0.508 e. The Bertz CT molecular complexity index is 614. The minimum atomic E-state index is -0.174. The molecule has 1 heterocycles. The number of rotatable bonds is 7. The van der Waals surface area contributed by atoms with E-state index in [2.05, 4.69) is 27.0 Å². The third kappa shape index (κ3) is 5.58. The third-order valence-corrected chi connectivity index (χ3v) is 4.32. The first kappa shape index (κ1) is 17.3. The average Bonchev–Trinajstić information content (AvgIpc) is 3.01. The Labute approximate surface area is 140 Å². The monoisotopic (exact) mass is 333 g/mol. The molecule has 5 nitrogen and oxygen atoms in total. The first-order valence-corrected chi connectivity index (χ1v) is 8.48. The smallest absolute Gasteiger partial charge is 0.314 e. The molecule has 0 unspecified atom stereocenters. The lowest BCUT2D eigenvalue weighted by Gasteiger charge is -2.24. The molecular formula is C17H23N3O2S. The predicted molar refractivity (Wildman–Crippen MR) is 94.0 cm³/mol. The summed E-state index contributed by atoms with van der Waals surface area (Å²) < 4.78 is 0. The van der Waals surface area contributed by atoms with E-state index >= 15 is 0 Å². The summed E-state index contributed by atoms with van der Waals surface area (Å²) in [6, 6.07) is 9.14. The van der Waals surface area contributed by atoms with E-state index in [1.54, 1.807) is 29.5 Å². The van der Waals surface area contributed by atoms with Crippen molar-refractivity contribution in [3.63, 3.8) is 0 Å². The summed E-state index contributed by atoms with van der Waals surface area (Å²) in [7, 11) is 4.01. The normalized spacial score (nSPS) is 12.1. The van der Waals surface area contributed by atoms with Gasteiger partial charge in [-0.05, 0) is 60.6 Å². The van der Waals surface area contributed by atoms with Crippen LogP contribution < -0.4 is 10.6 Å². The molecule has 124 valence electrons. The van der Waals surface area contributed by atoms with Crippen molar-refractivity contribution in [2.24, 2.45) is 0 Å². The number of nitrogens with one attached hydrogen (secondary N) is 2. The molecule has 23 heavy (non-hydrogen) atoms. The molecule has 0 radical (unpaired) electrons.